The number of anilines is 1. The van der Waals surface area contributed by atoms with Crippen molar-refractivity contribution in [3.63, 3.8) is 0 Å². The molecular formula is C21H19ClFN5O3S2. The van der Waals surface area contributed by atoms with Crippen molar-refractivity contribution in [2.24, 2.45) is 11.4 Å². The quantitative estimate of drug-likeness (QED) is 0.540. The first-order chi connectivity index (χ1) is 15.7. The van der Waals surface area contributed by atoms with Crippen LogP contribution in [0, 0.1) is 5.82 Å². The van der Waals surface area contributed by atoms with Crippen LogP contribution in [0.4, 0.5) is 10.1 Å². The van der Waals surface area contributed by atoms with Crippen LogP contribution in [-0.2, 0) is 22.1 Å². The maximum atomic E-state index is 13.5. The van der Waals surface area contributed by atoms with E-state index in [1.54, 1.807) is 30.9 Å². The summed E-state index contributed by atoms with van der Waals surface area (Å²) in [6, 6.07) is 7.31. The van der Waals surface area contributed by atoms with E-state index in [0.29, 0.717) is 11.3 Å². The van der Waals surface area contributed by atoms with Crippen molar-refractivity contribution in [3.05, 3.63) is 70.2 Å². The van der Waals surface area contributed by atoms with E-state index in [0.717, 1.165) is 20.8 Å². The van der Waals surface area contributed by atoms with Gasteiger partial charge in [0.15, 0.2) is 0 Å². The summed E-state index contributed by atoms with van der Waals surface area (Å²) in [5, 5.41) is 6.57. The largest absolute Gasteiger partial charge is 0.345 e. The average Bonchev–Trinajstić information content (AvgIpc) is 3.41. The number of carbonyl (C=O) groups excluding carboxylic acids is 1. The van der Waals surface area contributed by atoms with Gasteiger partial charge in [-0.3, -0.25) is 9.48 Å². The van der Waals surface area contributed by atoms with Crippen LogP contribution in [0.3, 0.4) is 0 Å². The van der Waals surface area contributed by atoms with E-state index in [9.17, 15) is 17.6 Å². The number of allylic oxidation sites excluding steroid dienone is 1. The third-order valence-corrected chi connectivity index (χ3v) is 7.53. The molecule has 0 fully saturated rings. The Bertz CT molecular complexity index is 1390. The third-order valence-electron chi connectivity index (χ3n) is 4.72. The molecule has 33 heavy (non-hydrogen) atoms. The van der Waals surface area contributed by atoms with Gasteiger partial charge in [0.2, 0.25) is 0 Å². The van der Waals surface area contributed by atoms with E-state index >= 15 is 0 Å². The summed E-state index contributed by atoms with van der Waals surface area (Å²) >= 11 is 7.13. The first-order valence-electron chi connectivity index (χ1n) is 9.88. The molecule has 1 aliphatic rings. The number of nitrogens with one attached hydrogen (secondary N) is 1. The second kappa shape index (κ2) is 9.08. The van der Waals surface area contributed by atoms with E-state index in [-0.39, 0.29) is 28.7 Å². The van der Waals surface area contributed by atoms with Crippen molar-refractivity contribution >= 4 is 50.5 Å². The number of hydrogen-bond acceptors (Lipinski definition) is 5. The lowest BCUT2D eigenvalue weighted by Crippen LogP contribution is -2.38. The van der Waals surface area contributed by atoms with E-state index < -0.39 is 21.9 Å². The third kappa shape index (κ3) is 4.85. The predicted molar refractivity (Wildman–Crippen MR) is 127 cm³/mol. The van der Waals surface area contributed by atoms with Crippen LogP contribution in [0.15, 0.2) is 58.9 Å². The average molecular weight is 508 g/mol. The molecule has 3 heterocycles. The maximum Gasteiger partial charge on any atom is 0.345 e. The molecule has 0 saturated heterocycles. The second-order valence-corrected chi connectivity index (χ2v) is 10.2. The number of rotatable bonds is 6. The minimum Gasteiger partial charge on any atom is -0.321 e. The fourth-order valence-electron chi connectivity index (χ4n) is 3.21. The molecule has 0 bridgehead atoms. The predicted octanol–water partition coefficient (Wildman–Crippen LogP) is 4.22. The van der Waals surface area contributed by atoms with Crippen LogP contribution in [0.1, 0.15) is 18.2 Å². The molecular weight excluding hydrogens is 489 g/mol. The van der Waals surface area contributed by atoms with Gasteiger partial charge in [0.1, 0.15) is 11.5 Å². The van der Waals surface area contributed by atoms with E-state index in [1.165, 1.54) is 29.5 Å². The highest BCUT2D eigenvalue weighted by Gasteiger charge is 2.33. The number of hydrogen-bond donors (Lipinski definition) is 1. The van der Waals surface area contributed by atoms with Gasteiger partial charge in [0.25, 0.3) is 5.91 Å². The summed E-state index contributed by atoms with van der Waals surface area (Å²) in [4.78, 5) is 14.5. The maximum absolute atomic E-state index is 13.5. The zero-order valence-corrected chi connectivity index (χ0v) is 20.0. The monoisotopic (exact) mass is 507 g/mol. The fraction of sp³-hybridized carbons (Fsp3) is 0.190. The van der Waals surface area contributed by atoms with Gasteiger partial charge in [-0.15, -0.1) is 15.7 Å². The molecule has 8 nitrogen and oxygen atoms in total. The number of aromatic nitrogens is 2. The Kier molecular flexibility index (Phi) is 6.37. The van der Waals surface area contributed by atoms with Crippen LogP contribution < -0.4 is 5.32 Å². The molecule has 1 aliphatic heterocycles. The molecule has 0 unspecified atom stereocenters. The van der Waals surface area contributed by atoms with Crippen molar-refractivity contribution in [3.8, 4) is 10.4 Å². The summed E-state index contributed by atoms with van der Waals surface area (Å²) in [7, 11) is -2.33. The van der Waals surface area contributed by atoms with Gasteiger partial charge in [-0.1, -0.05) is 18.5 Å². The number of aryl methyl sites for hydroxylation is 1. The van der Waals surface area contributed by atoms with Gasteiger partial charge in [0, 0.05) is 35.9 Å². The SMILES string of the molecule is CCCN1C(C(=O)Nc2ccc(F)c(Cl)c2)=CC(c2ccc(-c3cnn(C)c3)s2)=NS1(=O)=O. The van der Waals surface area contributed by atoms with Gasteiger partial charge >= 0.3 is 10.2 Å². The lowest BCUT2D eigenvalue weighted by Gasteiger charge is -2.26. The van der Waals surface area contributed by atoms with Crippen molar-refractivity contribution in [1.82, 2.24) is 14.1 Å². The number of nitrogens with zero attached hydrogens (tertiary/aromatic N) is 4. The molecule has 0 saturated carbocycles. The Morgan fingerprint density at radius 2 is 2.00 bits per heavy atom. The Morgan fingerprint density at radius 1 is 1.24 bits per heavy atom. The Hall–Kier alpha value is -3.02. The molecule has 0 aliphatic carbocycles. The minimum absolute atomic E-state index is 0.0773. The molecule has 0 atom stereocenters. The highest BCUT2D eigenvalue weighted by atomic mass is 35.5. The summed E-state index contributed by atoms with van der Waals surface area (Å²) in [6.07, 6.45) is 5.47. The summed E-state index contributed by atoms with van der Waals surface area (Å²) in [6.45, 7) is 1.87. The van der Waals surface area contributed by atoms with Gasteiger partial charge in [-0.05, 0) is 42.8 Å². The van der Waals surface area contributed by atoms with Crippen molar-refractivity contribution < 1.29 is 17.6 Å². The lowest BCUT2D eigenvalue weighted by atomic mass is 10.2. The number of amides is 1. The normalized spacial score (nSPS) is 15.2. The van der Waals surface area contributed by atoms with Crippen molar-refractivity contribution in [2.45, 2.75) is 13.3 Å². The summed E-state index contributed by atoms with van der Waals surface area (Å²) in [5.74, 6) is -1.30. The first kappa shape index (κ1) is 23.1. The van der Waals surface area contributed by atoms with Gasteiger partial charge in [-0.25, -0.2) is 8.70 Å². The highest BCUT2D eigenvalue weighted by Crippen LogP contribution is 2.31. The minimum atomic E-state index is -4.14. The zero-order chi connectivity index (χ0) is 23.8. The van der Waals surface area contributed by atoms with Crippen LogP contribution in [0.5, 0.6) is 0 Å². The van der Waals surface area contributed by atoms with E-state index in [4.69, 9.17) is 11.6 Å². The zero-order valence-electron chi connectivity index (χ0n) is 17.6. The molecule has 1 aromatic carbocycles. The number of benzene rings is 1. The number of carbonyl (C=O) groups is 1. The number of halogens is 2. The fourth-order valence-corrected chi connectivity index (χ4v) is 5.68. The van der Waals surface area contributed by atoms with Crippen LogP contribution in [0.2, 0.25) is 5.02 Å². The Labute approximate surface area is 199 Å². The molecule has 4 rings (SSSR count). The van der Waals surface area contributed by atoms with E-state index in [2.05, 4.69) is 14.8 Å². The standard InChI is InChI=1S/C21H19ClFN5O3S2/c1-3-8-28-18(21(29)25-14-4-5-16(23)15(22)9-14)10-17(26-33(28,30)31)20-7-6-19(32-20)13-11-24-27(2)12-13/h4-7,9-12H,3,8H2,1-2H3,(H,25,29). The molecule has 3 aromatic rings. The summed E-state index contributed by atoms with van der Waals surface area (Å²) in [5.41, 5.74) is 1.19. The van der Waals surface area contributed by atoms with Crippen molar-refractivity contribution in [2.75, 3.05) is 11.9 Å². The molecule has 172 valence electrons. The molecule has 12 heteroatoms. The summed E-state index contributed by atoms with van der Waals surface area (Å²) < 4.78 is 45.9. The molecule has 1 N–H and O–H groups in total. The van der Waals surface area contributed by atoms with Crippen LogP contribution in [0.25, 0.3) is 10.4 Å². The Morgan fingerprint density at radius 3 is 2.67 bits per heavy atom. The lowest BCUT2D eigenvalue weighted by molar-refractivity contribution is -0.113. The van der Waals surface area contributed by atoms with Crippen molar-refractivity contribution in [1.29, 1.82) is 0 Å². The van der Waals surface area contributed by atoms with Gasteiger partial charge in [-0.2, -0.15) is 13.5 Å². The smallest absolute Gasteiger partial charge is 0.321 e. The van der Waals surface area contributed by atoms with Gasteiger partial charge in [0.05, 0.1) is 21.8 Å². The van der Waals surface area contributed by atoms with Crippen LogP contribution in [-0.4, -0.2) is 40.7 Å². The topological polar surface area (TPSA) is 96.7 Å². The molecule has 0 spiro atoms. The number of thiophene rings is 1. The first-order valence-corrected chi connectivity index (χ1v) is 12.5. The van der Waals surface area contributed by atoms with Crippen LogP contribution >= 0.6 is 22.9 Å². The highest BCUT2D eigenvalue weighted by molar-refractivity contribution is 7.88. The Balaban J connectivity index is 1.70. The second-order valence-electron chi connectivity index (χ2n) is 7.21. The molecule has 0 radical (unpaired) electrons. The molecule has 1 amide bonds. The van der Waals surface area contributed by atoms with Gasteiger partial charge < -0.3 is 5.32 Å². The van der Waals surface area contributed by atoms with E-state index in [1.807, 2.05) is 12.3 Å². The molecule has 2 aromatic heterocycles.